The normalized spacial score (nSPS) is 42.0. The first-order chi connectivity index (χ1) is 17.4. The van der Waals surface area contributed by atoms with Crippen molar-refractivity contribution in [2.45, 2.75) is 69.1 Å². The summed E-state index contributed by atoms with van der Waals surface area (Å²) in [5.41, 5.74) is 4.20. The summed E-state index contributed by atoms with van der Waals surface area (Å²) in [4.78, 5) is 19.7. The summed E-state index contributed by atoms with van der Waals surface area (Å²) in [6.07, 6.45) is 11.4. The summed E-state index contributed by atoms with van der Waals surface area (Å²) in [5, 5.41) is 0. The minimum atomic E-state index is -0.431. The van der Waals surface area contributed by atoms with Crippen LogP contribution in [0.25, 0.3) is 0 Å². The van der Waals surface area contributed by atoms with Crippen LogP contribution in [0.4, 0.5) is 4.79 Å². The van der Waals surface area contributed by atoms with Gasteiger partial charge in [-0.1, -0.05) is 32.1 Å². The first-order valence-corrected chi connectivity index (χ1v) is 13.4. The maximum atomic E-state index is 13.6. The monoisotopic (exact) mass is 484 g/mol. The number of hydrogen-bond acceptors (Lipinski definition) is 5. The van der Waals surface area contributed by atoms with E-state index in [2.05, 4.69) is 43.1 Å². The van der Waals surface area contributed by atoms with Crippen LogP contribution in [0, 0.1) is 16.7 Å². The van der Waals surface area contributed by atoms with E-state index < -0.39 is 6.10 Å². The maximum absolute atomic E-state index is 13.6. The van der Waals surface area contributed by atoms with Crippen LogP contribution in [0.3, 0.4) is 0 Å². The van der Waals surface area contributed by atoms with Gasteiger partial charge in [0.25, 0.3) is 0 Å². The lowest BCUT2D eigenvalue weighted by molar-refractivity contribution is -0.0449. The summed E-state index contributed by atoms with van der Waals surface area (Å²) in [6, 6.07) is 8.33. The third-order valence-corrected chi connectivity index (χ3v) is 11.0. The largest absolute Gasteiger partial charge is 0.493 e. The van der Waals surface area contributed by atoms with Gasteiger partial charge >= 0.3 is 6.09 Å². The predicted octanol–water partition coefficient (Wildman–Crippen LogP) is 5.53. The molecule has 6 nitrogen and oxygen atoms in total. The second-order valence-corrected chi connectivity index (χ2v) is 12.3. The van der Waals surface area contributed by atoms with Crippen LogP contribution in [-0.2, 0) is 10.2 Å². The highest BCUT2D eigenvalue weighted by Gasteiger charge is 2.81. The zero-order valence-corrected chi connectivity index (χ0v) is 21.1. The van der Waals surface area contributed by atoms with Crippen LogP contribution in [0.5, 0.6) is 11.5 Å². The molecule has 1 aromatic carbocycles. The Labute approximate surface area is 211 Å². The molecular weight excluding hydrogens is 452 g/mol. The van der Waals surface area contributed by atoms with Gasteiger partial charge in [-0.05, 0) is 77.7 Å². The van der Waals surface area contributed by atoms with Crippen LogP contribution < -0.4 is 9.47 Å². The first kappa shape index (κ1) is 21.1. The Morgan fingerprint density at radius 2 is 2.08 bits per heavy atom. The van der Waals surface area contributed by atoms with Gasteiger partial charge in [0.05, 0.1) is 13.2 Å². The van der Waals surface area contributed by atoms with E-state index in [0.29, 0.717) is 23.8 Å². The highest BCUT2D eigenvalue weighted by molar-refractivity contribution is 5.71. The molecule has 6 aliphatic rings. The number of carbonyl (C=O) groups is 1. The lowest BCUT2D eigenvalue weighted by atomic mass is 9.54. The van der Waals surface area contributed by atoms with Gasteiger partial charge in [-0.2, -0.15) is 0 Å². The van der Waals surface area contributed by atoms with E-state index in [0.717, 1.165) is 36.3 Å². The van der Waals surface area contributed by atoms with E-state index >= 15 is 0 Å². The third-order valence-electron chi connectivity index (χ3n) is 11.0. The fraction of sp³-hybridized carbons (Fsp3) is 0.533. The molecule has 1 spiro atoms. The van der Waals surface area contributed by atoms with Crippen LogP contribution in [0.1, 0.15) is 68.2 Å². The van der Waals surface area contributed by atoms with Crippen LogP contribution in [-0.4, -0.2) is 41.8 Å². The van der Waals surface area contributed by atoms with Crippen molar-refractivity contribution in [1.82, 2.24) is 9.88 Å². The van der Waals surface area contributed by atoms with Crippen LogP contribution >= 0.6 is 0 Å². The van der Waals surface area contributed by atoms with Crippen molar-refractivity contribution in [1.29, 1.82) is 0 Å². The number of amides is 1. The average Bonchev–Trinajstić information content (AvgIpc) is 3.30. The predicted molar refractivity (Wildman–Crippen MR) is 133 cm³/mol. The molecule has 0 N–H and O–H groups in total. The van der Waals surface area contributed by atoms with E-state index in [-0.39, 0.29) is 29.1 Å². The lowest BCUT2D eigenvalue weighted by Crippen LogP contribution is -2.57. The molecule has 2 aromatic rings. The maximum Gasteiger partial charge on any atom is 0.411 e. The van der Waals surface area contributed by atoms with E-state index in [1.807, 2.05) is 23.2 Å². The van der Waals surface area contributed by atoms with E-state index in [1.54, 1.807) is 13.3 Å². The molecule has 4 aliphatic carbocycles. The van der Waals surface area contributed by atoms with Crippen molar-refractivity contribution in [3.63, 3.8) is 0 Å². The summed E-state index contributed by atoms with van der Waals surface area (Å²) >= 11 is 0. The van der Waals surface area contributed by atoms with E-state index in [4.69, 9.17) is 14.2 Å². The number of ether oxygens (including phenoxy) is 3. The molecule has 3 heterocycles. The zero-order chi connectivity index (χ0) is 24.4. The number of pyridine rings is 1. The molecule has 36 heavy (non-hydrogen) atoms. The molecule has 2 fully saturated rings. The number of fused-ring (bicyclic) bond motifs is 3. The Balaban J connectivity index is 1.18. The fourth-order valence-corrected chi connectivity index (χ4v) is 9.22. The molecule has 1 saturated carbocycles. The summed E-state index contributed by atoms with van der Waals surface area (Å²) in [6.45, 7) is 5.64. The van der Waals surface area contributed by atoms with Crippen molar-refractivity contribution >= 4 is 6.09 Å². The number of hydrogen-bond donors (Lipinski definition) is 0. The number of allylic oxidation sites excluding steroid dienone is 1. The highest BCUT2D eigenvalue weighted by atomic mass is 16.6. The molecule has 0 radical (unpaired) electrons. The van der Waals surface area contributed by atoms with Crippen molar-refractivity contribution in [3.8, 4) is 11.5 Å². The fourth-order valence-electron chi connectivity index (χ4n) is 9.22. The number of methoxy groups -OCH3 is 1. The molecule has 3 unspecified atom stereocenters. The van der Waals surface area contributed by atoms with Crippen molar-refractivity contribution in [3.05, 3.63) is 65.5 Å². The van der Waals surface area contributed by atoms with Gasteiger partial charge < -0.3 is 19.1 Å². The molecule has 186 valence electrons. The van der Waals surface area contributed by atoms with Gasteiger partial charge in [0.2, 0.25) is 0 Å². The molecule has 2 bridgehead atoms. The van der Waals surface area contributed by atoms with Gasteiger partial charge in [0, 0.05) is 29.9 Å². The molecule has 6 heteroatoms. The molecule has 8 atom stereocenters. The van der Waals surface area contributed by atoms with E-state index in [9.17, 15) is 4.79 Å². The van der Waals surface area contributed by atoms with Crippen LogP contribution in [0.15, 0.2) is 48.8 Å². The van der Waals surface area contributed by atoms with Gasteiger partial charge in [-0.3, -0.25) is 4.98 Å². The quantitative estimate of drug-likeness (QED) is 0.536. The minimum Gasteiger partial charge on any atom is -0.493 e. The van der Waals surface area contributed by atoms with Crippen molar-refractivity contribution in [2.24, 2.45) is 16.7 Å². The summed E-state index contributed by atoms with van der Waals surface area (Å²) in [5.74, 6) is 2.55. The van der Waals surface area contributed by atoms with E-state index in [1.165, 1.54) is 17.5 Å². The number of carbonyl (C=O) groups excluding carboxylic acids is 1. The Bertz CT molecular complexity index is 1330. The van der Waals surface area contributed by atoms with Crippen molar-refractivity contribution in [2.75, 3.05) is 13.7 Å². The number of rotatable bonds is 3. The average molecular weight is 485 g/mol. The standard InChI is InChI=1S/C30H32N2O4/c1-28-16-29(28,2)23-11-10-22(35-27(33)32-13-5-7-20(32)17-6-4-12-31-15-17)26-30(23)14-19(28)18-8-9-21(34-3)25(36-26)24(18)30/h4,6,8-12,15,19-20,22-23,26H,5,7,13-14,16H2,1-3H3/t19?,20-,22-,23-,26-,28?,29?,30-/m0/s1. The molecule has 1 saturated heterocycles. The highest BCUT2D eigenvalue weighted by Crippen LogP contribution is 2.86. The smallest absolute Gasteiger partial charge is 0.411 e. The van der Waals surface area contributed by atoms with Gasteiger partial charge in [0.1, 0.15) is 6.10 Å². The molecule has 1 aromatic heterocycles. The Kier molecular flexibility index (Phi) is 3.89. The Hall–Kier alpha value is -3.02. The summed E-state index contributed by atoms with van der Waals surface area (Å²) < 4.78 is 18.9. The molecule has 8 rings (SSSR count). The van der Waals surface area contributed by atoms with Gasteiger partial charge in [-0.25, -0.2) is 4.79 Å². The number of aromatic nitrogens is 1. The molecule has 2 aliphatic heterocycles. The van der Waals surface area contributed by atoms with Gasteiger partial charge in [0.15, 0.2) is 17.6 Å². The number of likely N-dealkylation sites (tertiary alicyclic amines) is 1. The summed E-state index contributed by atoms with van der Waals surface area (Å²) in [7, 11) is 1.71. The second-order valence-electron chi connectivity index (χ2n) is 12.3. The topological polar surface area (TPSA) is 60.9 Å². The second kappa shape index (κ2) is 6.64. The SMILES string of the molecule is COc1ccc2c3c1O[C@H]1[C@@H](OC(=O)N4CCC[C@H]4c4cccnc4)C=C[C@H]4C5(C)CC5(C)C2C[C@]314. The van der Waals surface area contributed by atoms with Crippen LogP contribution in [0.2, 0.25) is 0 Å². The zero-order valence-electron chi connectivity index (χ0n) is 21.1. The molecular formula is C30H32N2O4. The Morgan fingerprint density at radius 1 is 1.19 bits per heavy atom. The lowest BCUT2D eigenvalue weighted by Gasteiger charge is -2.50. The van der Waals surface area contributed by atoms with Gasteiger partial charge in [-0.15, -0.1) is 0 Å². The van der Waals surface area contributed by atoms with Crippen molar-refractivity contribution < 1.29 is 19.0 Å². The number of nitrogens with zero attached hydrogens (tertiary/aromatic N) is 2. The Morgan fingerprint density at radius 3 is 2.89 bits per heavy atom. The molecule has 1 amide bonds. The minimum absolute atomic E-state index is 0.00898. The first-order valence-electron chi connectivity index (χ1n) is 13.4. The number of benzene rings is 1. The third kappa shape index (κ3) is 2.26.